The molecule has 1 aliphatic rings. The maximum absolute atomic E-state index is 9.05. The van der Waals surface area contributed by atoms with Crippen molar-refractivity contribution in [3.05, 3.63) is 66.1 Å². The van der Waals surface area contributed by atoms with Crippen LogP contribution in [0.4, 0.5) is 5.82 Å². The fourth-order valence-corrected chi connectivity index (χ4v) is 3.49. The van der Waals surface area contributed by atoms with Crippen LogP contribution in [-0.2, 0) is 6.42 Å². The molecule has 1 fully saturated rings. The highest BCUT2D eigenvalue weighted by Gasteiger charge is 2.22. The summed E-state index contributed by atoms with van der Waals surface area (Å²) in [7, 11) is 0. The molecule has 3 heterocycles. The number of anilines is 1. The standard InChI is InChI=1S/C23H23N5O/c1-2-19-15-22(27-23(26-19)18-6-10-25-11-7-18)28-12-8-20(9-13-28)29-21-5-3-4-17(14-21)16-24/h3-7,10-11,14-15,20H,2,8-9,12-13H2,1H3. The molecule has 0 amide bonds. The normalized spacial score (nSPS) is 14.4. The summed E-state index contributed by atoms with van der Waals surface area (Å²) in [5, 5.41) is 9.05. The van der Waals surface area contributed by atoms with Crippen molar-refractivity contribution in [1.29, 1.82) is 5.26 Å². The van der Waals surface area contributed by atoms with Gasteiger partial charge in [-0.2, -0.15) is 5.26 Å². The summed E-state index contributed by atoms with van der Waals surface area (Å²) in [5.74, 6) is 2.47. The lowest BCUT2D eigenvalue weighted by molar-refractivity contribution is 0.170. The molecule has 0 atom stereocenters. The molecule has 1 aromatic carbocycles. The number of aromatic nitrogens is 3. The average molecular weight is 385 g/mol. The maximum atomic E-state index is 9.05. The van der Waals surface area contributed by atoms with Crippen LogP contribution in [0.15, 0.2) is 54.9 Å². The molecule has 6 nitrogen and oxygen atoms in total. The minimum Gasteiger partial charge on any atom is -0.490 e. The maximum Gasteiger partial charge on any atom is 0.161 e. The van der Waals surface area contributed by atoms with Gasteiger partial charge in [0, 0.05) is 55.6 Å². The van der Waals surface area contributed by atoms with E-state index in [1.165, 1.54) is 0 Å². The molecule has 4 rings (SSSR count). The minimum atomic E-state index is 0.146. The zero-order valence-electron chi connectivity index (χ0n) is 16.5. The van der Waals surface area contributed by atoms with Crippen LogP contribution in [0.2, 0.25) is 0 Å². The first-order valence-electron chi connectivity index (χ1n) is 9.95. The Bertz CT molecular complexity index is 1010. The second-order valence-corrected chi connectivity index (χ2v) is 7.07. The van der Waals surface area contributed by atoms with Crippen LogP contribution in [0.5, 0.6) is 5.75 Å². The number of nitriles is 1. The van der Waals surface area contributed by atoms with Gasteiger partial charge >= 0.3 is 0 Å². The van der Waals surface area contributed by atoms with Gasteiger partial charge in [-0.15, -0.1) is 0 Å². The summed E-state index contributed by atoms with van der Waals surface area (Å²) in [6.45, 7) is 3.86. The number of aryl methyl sites for hydroxylation is 1. The second-order valence-electron chi connectivity index (χ2n) is 7.07. The van der Waals surface area contributed by atoms with Crippen LogP contribution >= 0.6 is 0 Å². The number of hydrogen-bond donors (Lipinski definition) is 0. The average Bonchev–Trinajstić information content (AvgIpc) is 2.80. The molecular formula is C23H23N5O. The number of pyridine rings is 1. The molecule has 0 spiro atoms. The summed E-state index contributed by atoms with van der Waals surface area (Å²) in [5.41, 5.74) is 2.64. The van der Waals surface area contributed by atoms with E-state index in [0.29, 0.717) is 5.56 Å². The number of nitrogens with zero attached hydrogens (tertiary/aromatic N) is 5. The molecule has 0 aliphatic carbocycles. The highest BCUT2D eigenvalue weighted by atomic mass is 16.5. The molecule has 29 heavy (non-hydrogen) atoms. The molecule has 0 saturated carbocycles. The van der Waals surface area contributed by atoms with Crippen LogP contribution < -0.4 is 9.64 Å². The lowest BCUT2D eigenvalue weighted by Gasteiger charge is -2.33. The smallest absolute Gasteiger partial charge is 0.161 e. The van der Waals surface area contributed by atoms with Crippen LogP contribution in [0.1, 0.15) is 31.0 Å². The molecule has 2 aromatic heterocycles. The highest BCUT2D eigenvalue weighted by molar-refractivity contribution is 5.57. The van der Waals surface area contributed by atoms with Crippen LogP contribution in [0.25, 0.3) is 11.4 Å². The van der Waals surface area contributed by atoms with Crippen molar-refractivity contribution in [2.45, 2.75) is 32.3 Å². The van der Waals surface area contributed by atoms with E-state index >= 15 is 0 Å². The van der Waals surface area contributed by atoms with E-state index in [1.54, 1.807) is 24.5 Å². The third kappa shape index (κ3) is 4.52. The van der Waals surface area contributed by atoms with Crippen molar-refractivity contribution in [3.63, 3.8) is 0 Å². The minimum absolute atomic E-state index is 0.146. The molecule has 0 N–H and O–H groups in total. The zero-order chi connectivity index (χ0) is 20.1. The Morgan fingerprint density at radius 3 is 2.62 bits per heavy atom. The van der Waals surface area contributed by atoms with Crippen LogP contribution in [-0.4, -0.2) is 34.1 Å². The topological polar surface area (TPSA) is 74.9 Å². The van der Waals surface area contributed by atoms with Gasteiger partial charge in [-0.1, -0.05) is 13.0 Å². The highest BCUT2D eigenvalue weighted by Crippen LogP contribution is 2.25. The van der Waals surface area contributed by atoms with Gasteiger partial charge in [-0.05, 0) is 36.8 Å². The quantitative estimate of drug-likeness (QED) is 0.660. The molecule has 0 radical (unpaired) electrons. The van der Waals surface area contributed by atoms with Crippen molar-refractivity contribution in [1.82, 2.24) is 15.0 Å². The number of rotatable bonds is 5. The molecule has 146 valence electrons. The Morgan fingerprint density at radius 2 is 1.90 bits per heavy atom. The molecule has 1 aliphatic heterocycles. The lowest BCUT2D eigenvalue weighted by Crippen LogP contribution is -2.38. The van der Waals surface area contributed by atoms with Crippen LogP contribution in [0.3, 0.4) is 0 Å². The Balaban J connectivity index is 1.46. The van der Waals surface area contributed by atoms with E-state index < -0.39 is 0 Å². The van der Waals surface area contributed by atoms with E-state index in [4.69, 9.17) is 15.0 Å². The number of piperidine rings is 1. The largest absolute Gasteiger partial charge is 0.490 e. The summed E-state index contributed by atoms with van der Waals surface area (Å²) in [6, 6.07) is 15.5. The Kier molecular flexibility index (Phi) is 5.66. The first-order chi connectivity index (χ1) is 14.2. The lowest BCUT2D eigenvalue weighted by atomic mass is 10.1. The molecule has 6 heteroatoms. The Hall–Kier alpha value is -3.46. The molecule has 0 unspecified atom stereocenters. The van der Waals surface area contributed by atoms with Crippen molar-refractivity contribution in [2.24, 2.45) is 0 Å². The SMILES string of the molecule is CCc1cc(N2CCC(Oc3cccc(C#N)c3)CC2)nc(-c2ccncc2)n1. The first-order valence-corrected chi connectivity index (χ1v) is 9.95. The third-order valence-corrected chi connectivity index (χ3v) is 5.10. The van der Waals surface area contributed by atoms with E-state index in [-0.39, 0.29) is 6.10 Å². The van der Waals surface area contributed by atoms with Crippen molar-refractivity contribution in [3.8, 4) is 23.2 Å². The fraction of sp³-hybridized carbons (Fsp3) is 0.304. The summed E-state index contributed by atoms with van der Waals surface area (Å²) < 4.78 is 6.10. The number of ether oxygens (including phenoxy) is 1. The fourth-order valence-electron chi connectivity index (χ4n) is 3.49. The second kappa shape index (κ2) is 8.70. The van der Waals surface area contributed by atoms with Gasteiger partial charge < -0.3 is 9.64 Å². The molecule has 1 saturated heterocycles. The monoisotopic (exact) mass is 385 g/mol. The predicted octanol–water partition coefficient (Wildman–Crippen LogP) is 4.02. The van der Waals surface area contributed by atoms with E-state index in [2.05, 4.69) is 33.9 Å². The Labute approximate surface area is 170 Å². The van der Waals surface area contributed by atoms with Gasteiger partial charge in [0.2, 0.25) is 0 Å². The summed E-state index contributed by atoms with van der Waals surface area (Å²) in [6.07, 6.45) is 6.36. The first kappa shape index (κ1) is 18.9. The Morgan fingerprint density at radius 1 is 1.10 bits per heavy atom. The van der Waals surface area contributed by atoms with Gasteiger partial charge in [0.15, 0.2) is 5.82 Å². The zero-order valence-corrected chi connectivity index (χ0v) is 16.5. The van der Waals surface area contributed by atoms with Gasteiger partial charge in [0.1, 0.15) is 17.7 Å². The van der Waals surface area contributed by atoms with E-state index in [1.807, 2.05) is 24.3 Å². The third-order valence-electron chi connectivity index (χ3n) is 5.10. The predicted molar refractivity (Wildman–Crippen MR) is 112 cm³/mol. The van der Waals surface area contributed by atoms with Gasteiger partial charge in [0.25, 0.3) is 0 Å². The molecule has 3 aromatic rings. The van der Waals surface area contributed by atoms with Crippen molar-refractivity contribution in [2.75, 3.05) is 18.0 Å². The molecular weight excluding hydrogens is 362 g/mol. The summed E-state index contributed by atoms with van der Waals surface area (Å²) in [4.78, 5) is 15.9. The number of benzene rings is 1. The van der Waals surface area contributed by atoms with Crippen molar-refractivity contribution < 1.29 is 4.74 Å². The summed E-state index contributed by atoms with van der Waals surface area (Å²) >= 11 is 0. The van der Waals surface area contributed by atoms with Gasteiger partial charge in [-0.25, -0.2) is 9.97 Å². The van der Waals surface area contributed by atoms with Gasteiger partial charge in [-0.3, -0.25) is 4.98 Å². The number of hydrogen-bond acceptors (Lipinski definition) is 6. The molecule has 0 bridgehead atoms. The van der Waals surface area contributed by atoms with Gasteiger partial charge in [0.05, 0.1) is 11.6 Å². The van der Waals surface area contributed by atoms with Crippen molar-refractivity contribution >= 4 is 5.82 Å². The van der Waals surface area contributed by atoms with E-state index in [0.717, 1.165) is 61.0 Å². The van der Waals surface area contributed by atoms with Crippen LogP contribution in [0, 0.1) is 11.3 Å². The van der Waals surface area contributed by atoms with E-state index in [9.17, 15) is 0 Å².